The van der Waals surface area contributed by atoms with Crippen molar-refractivity contribution in [1.29, 1.82) is 0 Å². The first-order valence-electron chi connectivity index (χ1n) is 7.50. The van der Waals surface area contributed by atoms with E-state index in [2.05, 4.69) is 11.2 Å². The number of nitrogens with two attached hydrogens (primary N) is 1. The van der Waals surface area contributed by atoms with Gasteiger partial charge >= 0.3 is 0 Å². The Morgan fingerprint density at radius 2 is 1.74 bits per heavy atom. The van der Waals surface area contributed by atoms with Gasteiger partial charge in [0.2, 0.25) is 0 Å². The molecule has 0 radical (unpaired) electrons. The summed E-state index contributed by atoms with van der Waals surface area (Å²) >= 11 is 0. The number of fused-ring (bicyclic) bond motifs is 1. The summed E-state index contributed by atoms with van der Waals surface area (Å²) in [5.74, 6) is 0. The number of nitrogens with zero attached hydrogens (tertiary/aromatic N) is 3. The molecule has 4 aromatic rings. The Morgan fingerprint density at radius 1 is 0.913 bits per heavy atom. The predicted molar refractivity (Wildman–Crippen MR) is 93.5 cm³/mol. The average molecular weight is 300 g/mol. The predicted octanol–water partition coefficient (Wildman–Crippen LogP) is 3.98. The van der Waals surface area contributed by atoms with Crippen molar-refractivity contribution in [3.63, 3.8) is 0 Å². The monoisotopic (exact) mass is 300 g/mol. The second-order valence-corrected chi connectivity index (χ2v) is 5.53. The van der Waals surface area contributed by atoms with Gasteiger partial charge in [0.15, 0.2) is 5.65 Å². The van der Waals surface area contributed by atoms with E-state index in [1.165, 1.54) is 0 Å². The number of rotatable bonds is 2. The summed E-state index contributed by atoms with van der Waals surface area (Å²) in [5.41, 5.74) is 11.3. The van der Waals surface area contributed by atoms with E-state index in [9.17, 15) is 0 Å². The van der Waals surface area contributed by atoms with Gasteiger partial charge in [-0.2, -0.15) is 5.10 Å². The first kappa shape index (κ1) is 13.5. The van der Waals surface area contributed by atoms with Crippen molar-refractivity contribution in [3.05, 3.63) is 72.4 Å². The number of aromatic nitrogens is 3. The van der Waals surface area contributed by atoms with Crippen molar-refractivity contribution in [3.8, 4) is 16.9 Å². The summed E-state index contributed by atoms with van der Waals surface area (Å²) in [4.78, 5) is 4.83. The second kappa shape index (κ2) is 5.25. The highest BCUT2D eigenvalue weighted by Crippen LogP contribution is 2.25. The highest BCUT2D eigenvalue weighted by Gasteiger charge is 2.11. The lowest BCUT2D eigenvalue weighted by Crippen LogP contribution is -1.98. The average Bonchev–Trinajstić information content (AvgIpc) is 2.92. The van der Waals surface area contributed by atoms with Crippen molar-refractivity contribution in [2.75, 3.05) is 5.73 Å². The van der Waals surface area contributed by atoms with Gasteiger partial charge in [-0.15, -0.1) is 0 Å². The standard InChI is InChI=1S/C19H16N4/c1-13-17-10-11-18(14-6-5-7-15(20)12-14)21-19(17)23(22-13)16-8-3-2-4-9-16/h2-12H,20H2,1H3. The van der Waals surface area contributed by atoms with Gasteiger partial charge < -0.3 is 5.73 Å². The number of hydrogen-bond acceptors (Lipinski definition) is 3. The van der Waals surface area contributed by atoms with E-state index in [0.29, 0.717) is 0 Å². The molecule has 2 aromatic carbocycles. The molecular weight excluding hydrogens is 284 g/mol. The first-order valence-corrected chi connectivity index (χ1v) is 7.50. The van der Waals surface area contributed by atoms with Crippen LogP contribution in [0.25, 0.3) is 28.0 Å². The first-order chi connectivity index (χ1) is 11.2. The maximum absolute atomic E-state index is 5.89. The van der Waals surface area contributed by atoms with Gasteiger partial charge in [-0.05, 0) is 43.3 Å². The second-order valence-electron chi connectivity index (χ2n) is 5.53. The van der Waals surface area contributed by atoms with Crippen molar-refractivity contribution < 1.29 is 0 Å². The fourth-order valence-electron chi connectivity index (χ4n) is 2.75. The molecule has 0 aliphatic rings. The molecule has 23 heavy (non-hydrogen) atoms. The number of nitrogen functional groups attached to an aromatic ring is 1. The van der Waals surface area contributed by atoms with Crippen LogP contribution in [0.4, 0.5) is 5.69 Å². The Kier molecular flexibility index (Phi) is 3.08. The van der Waals surface area contributed by atoms with Gasteiger partial charge in [0.25, 0.3) is 0 Å². The van der Waals surface area contributed by atoms with Gasteiger partial charge in [0.1, 0.15) is 0 Å². The Hall–Kier alpha value is -3.14. The molecule has 0 unspecified atom stereocenters. The summed E-state index contributed by atoms with van der Waals surface area (Å²) < 4.78 is 1.89. The molecule has 0 spiro atoms. The number of aryl methyl sites for hydroxylation is 1. The maximum atomic E-state index is 5.89. The van der Waals surface area contributed by atoms with Crippen LogP contribution in [0, 0.1) is 6.92 Å². The Bertz CT molecular complexity index is 987. The Labute approximate surface area is 134 Å². The van der Waals surface area contributed by atoms with Crippen LogP contribution in [0.15, 0.2) is 66.7 Å². The van der Waals surface area contributed by atoms with E-state index < -0.39 is 0 Å². The molecule has 4 nitrogen and oxygen atoms in total. The summed E-state index contributed by atoms with van der Waals surface area (Å²) in [6, 6.07) is 21.9. The zero-order valence-corrected chi connectivity index (χ0v) is 12.8. The Balaban J connectivity index is 1.94. The smallest absolute Gasteiger partial charge is 0.163 e. The third-order valence-electron chi connectivity index (χ3n) is 3.90. The van der Waals surface area contributed by atoms with Gasteiger partial charge in [-0.3, -0.25) is 0 Å². The molecule has 0 bridgehead atoms. The van der Waals surface area contributed by atoms with Crippen LogP contribution in [-0.2, 0) is 0 Å². The summed E-state index contributed by atoms with van der Waals surface area (Å²) in [6.07, 6.45) is 0. The van der Waals surface area contributed by atoms with E-state index in [1.54, 1.807) is 0 Å². The molecule has 112 valence electrons. The lowest BCUT2D eigenvalue weighted by molar-refractivity contribution is 0.878. The highest BCUT2D eigenvalue weighted by atomic mass is 15.3. The molecule has 0 saturated carbocycles. The zero-order chi connectivity index (χ0) is 15.8. The molecule has 2 aromatic heterocycles. The number of benzene rings is 2. The topological polar surface area (TPSA) is 56.7 Å². The molecular formula is C19H16N4. The van der Waals surface area contributed by atoms with E-state index >= 15 is 0 Å². The van der Waals surface area contributed by atoms with Crippen LogP contribution in [0.3, 0.4) is 0 Å². The van der Waals surface area contributed by atoms with Crippen molar-refractivity contribution in [2.45, 2.75) is 6.92 Å². The van der Waals surface area contributed by atoms with Gasteiger partial charge in [-0.25, -0.2) is 9.67 Å². The number of hydrogen-bond donors (Lipinski definition) is 1. The largest absolute Gasteiger partial charge is 0.399 e. The lowest BCUT2D eigenvalue weighted by atomic mass is 10.1. The van der Waals surface area contributed by atoms with Crippen LogP contribution in [0.5, 0.6) is 0 Å². The molecule has 4 heteroatoms. The van der Waals surface area contributed by atoms with E-state index in [0.717, 1.165) is 39.4 Å². The van der Waals surface area contributed by atoms with Crippen molar-refractivity contribution >= 4 is 16.7 Å². The van der Waals surface area contributed by atoms with Gasteiger partial charge in [0, 0.05) is 16.6 Å². The minimum absolute atomic E-state index is 0.733. The summed E-state index contributed by atoms with van der Waals surface area (Å²) in [6.45, 7) is 2.00. The Morgan fingerprint density at radius 3 is 2.52 bits per heavy atom. The zero-order valence-electron chi connectivity index (χ0n) is 12.8. The third-order valence-corrected chi connectivity index (χ3v) is 3.90. The third kappa shape index (κ3) is 2.34. The molecule has 0 amide bonds. The molecule has 0 atom stereocenters. The van der Waals surface area contributed by atoms with Crippen LogP contribution < -0.4 is 5.73 Å². The highest BCUT2D eigenvalue weighted by molar-refractivity contribution is 5.82. The number of para-hydroxylation sites is 1. The quantitative estimate of drug-likeness (QED) is 0.570. The molecule has 0 aliphatic carbocycles. The molecule has 0 fully saturated rings. The lowest BCUT2D eigenvalue weighted by Gasteiger charge is -2.05. The summed E-state index contributed by atoms with van der Waals surface area (Å²) in [7, 11) is 0. The minimum atomic E-state index is 0.733. The number of anilines is 1. The van der Waals surface area contributed by atoms with Crippen LogP contribution in [-0.4, -0.2) is 14.8 Å². The van der Waals surface area contributed by atoms with Crippen LogP contribution in [0.1, 0.15) is 5.69 Å². The summed E-state index contributed by atoms with van der Waals surface area (Å²) in [5, 5.41) is 5.70. The minimum Gasteiger partial charge on any atom is -0.399 e. The van der Waals surface area contributed by atoms with E-state index in [-0.39, 0.29) is 0 Å². The van der Waals surface area contributed by atoms with Crippen molar-refractivity contribution in [1.82, 2.24) is 14.8 Å². The molecule has 0 aliphatic heterocycles. The van der Waals surface area contributed by atoms with Crippen LogP contribution >= 0.6 is 0 Å². The fraction of sp³-hybridized carbons (Fsp3) is 0.0526. The molecule has 4 rings (SSSR count). The van der Waals surface area contributed by atoms with Crippen molar-refractivity contribution in [2.24, 2.45) is 0 Å². The number of pyridine rings is 1. The SMILES string of the molecule is Cc1nn(-c2ccccc2)c2nc(-c3cccc(N)c3)ccc12. The molecule has 0 saturated heterocycles. The van der Waals surface area contributed by atoms with E-state index in [1.807, 2.05) is 72.3 Å². The van der Waals surface area contributed by atoms with Gasteiger partial charge in [-0.1, -0.05) is 30.3 Å². The normalized spacial score (nSPS) is 11.0. The maximum Gasteiger partial charge on any atom is 0.163 e. The van der Waals surface area contributed by atoms with Gasteiger partial charge in [0.05, 0.1) is 17.1 Å². The molecule has 2 heterocycles. The van der Waals surface area contributed by atoms with Crippen LogP contribution in [0.2, 0.25) is 0 Å². The fourth-order valence-corrected chi connectivity index (χ4v) is 2.75. The molecule has 2 N–H and O–H groups in total. The van der Waals surface area contributed by atoms with E-state index in [4.69, 9.17) is 10.7 Å².